The van der Waals surface area contributed by atoms with Crippen LogP contribution in [0.5, 0.6) is 5.75 Å². The first-order valence-electron chi connectivity index (χ1n) is 8.98. The van der Waals surface area contributed by atoms with Gasteiger partial charge in [0.15, 0.2) is 0 Å². The molecule has 2 aliphatic rings. The molecule has 2 fully saturated rings. The van der Waals surface area contributed by atoms with E-state index in [-0.39, 0.29) is 0 Å². The number of ether oxygens (including phenoxy) is 2. The van der Waals surface area contributed by atoms with Crippen LogP contribution in [0.25, 0.3) is 0 Å². The Morgan fingerprint density at radius 2 is 2.08 bits per heavy atom. The minimum Gasteiger partial charge on any atom is -0.492 e. The normalized spacial score (nSPS) is 24.5. The van der Waals surface area contributed by atoms with Crippen molar-refractivity contribution in [3.63, 3.8) is 0 Å². The van der Waals surface area contributed by atoms with E-state index in [1.807, 2.05) is 31.5 Å². The molecule has 0 radical (unpaired) electrons. The summed E-state index contributed by atoms with van der Waals surface area (Å²) in [5.74, 6) is 1.93. The Bertz CT molecular complexity index is 664. The van der Waals surface area contributed by atoms with Gasteiger partial charge in [0, 0.05) is 29.4 Å². The number of hydrogen-bond acceptors (Lipinski definition) is 4. The van der Waals surface area contributed by atoms with Crippen LogP contribution in [-0.2, 0) is 4.74 Å². The smallest absolute Gasteiger partial charge is 0.137 e. The number of rotatable bonds is 5. The van der Waals surface area contributed by atoms with Gasteiger partial charge in [-0.2, -0.15) is 5.10 Å². The molecule has 4 rings (SSSR count). The lowest BCUT2D eigenvalue weighted by Gasteiger charge is -2.35. The molecule has 5 nitrogen and oxygen atoms in total. The average molecular weight is 327 g/mol. The summed E-state index contributed by atoms with van der Waals surface area (Å²) in [5.41, 5.74) is 2.38. The standard InChI is InChI=1S/C19H25N3O2/c1-14-6-7-17(10-20-14)24-11-15-4-2-3-5-18(15)19-8-9-21-22(19)16-12-23-13-16/h6-10,15-16,18H,2-5,11-13H2,1H3. The lowest BCUT2D eigenvalue weighted by molar-refractivity contribution is -0.0310. The van der Waals surface area contributed by atoms with Crippen molar-refractivity contribution in [3.8, 4) is 5.75 Å². The number of nitrogens with zero attached hydrogens (tertiary/aromatic N) is 3. The first-order valence-corrected chi connectivity index (χ1v) is 8.98. The summed E-state index contributed by atoms with van der Waals surface area (Å²) in [5, 5.41) is 4.56. The third kappa shape index (κ3) is 3.18. The van der Waals surface area contributed by atoms with E-state index in [1.54, 1.807) is 0 Å². The maximum atomic E-state index is 6.05. The molecule has 0 amide bonds. The fourth-order valence-electron chi connectivity index (χ4n) is 3.83. The Morgan fingerprint density at radius 1 is 1.21 bits per heavy atom. The number of pyridine rings is 1. The van der Waals surface area contributed by atoms with Crippen molar-refractivity contribution in [2.45, 2.75) is 44.6 Å². The highest BCUT2D eigenvalue weighted by molar-refractivity contribution is 5.19. The van der Waals surface area contributed by atoms with E-state index in [0.29, 0.717) is 17.9 Å². The van der Waals surface area contributed by atoms with Crippen molar-refractivity contribution in [2.24, 2.45) is 5.92 Å². The van der Waals surface area contributed by atoms with Gasteiger partial charge < -0.3 is 9.47 Å². The van der Waals surface area contributed by atoms with Gasteiger partial charge in [0.1, 0.15) is 5.75 Å². The largest absolute Gasteiger partial charge is 0.492 e. The van der Waals surface area contributed by atoms with Crippen molar-refractivity contribution in [1.82, 2.24) is 14.8 Å². The Labute approximate surface area is 143 Å². The maximum absolute atomic E-state index is 6.05. The van der Waals surface area contributed by atoms with E-state index in [9.17, 15) is 0 Å². The van der Waals surface area contributed by atoms with Crippen molar-refractivity contribution >= 4 is 0 Å². The zero-order valence-corrected chi connectivity index (χ0v) is 14.2. The molecule has 128 valence electrons. The zero-order valence-electron chi connectivity index (χ0n) is 14.2. The van der Waals surface area contributed by atoms with E-state index in [2.05, 4.69) is 20.8 Å². The summed E-state index contributed by atoms with van der Waals surface area (Å²) in [6, 6.07) is 6.62. The van der Waals surface area contributed by atoms with Crippen LogP contribution in [-0.4, -0.2) is 34.6 Å². The second kappa shape index (κ2) is 6.93. The predicted octanol–water partition coefficient (Wildman–Crippen LogP) is 3.51. The van der Waals surface area contributed by atoms with E-state index in [1.165, 1.54) is 31.4 Å². The molecule has 1 saturated heterocycles. The van der Waals surface area contributed by atoms with Gasteiger partial charge in [-0.25, -0.2) is 0 Å². The van der Waals surface area contributed by atoms with Gasteiger partial charge in [-0.05, 0) is 38.0 Å². The fourth-order valence-corrected chi connectivity index (χ4v) is 3.83. The van der Waals surface area contributed by atoms with Crippen LogP contribution in [0.3, 0.4) is 0 Å². The molecule has 1 aliphatic carbocycles. The van der Waals surface area contributed by atoms with E-state index in [4.69, 9.17) is 9.47 Å². The van der Waals surface area contributed by atoms with E-state index in [0.717, 1.165) is 31.3 Å². The number of hydrogen-bond donors (Lipinski definition) is 0. The van der Waals surface area contributed by atoms with Crippen LogP contribution in [0.2, 0.25) is 0 Å². The van der Waals surface area contributed by atoms with Crippen LogP contribution < -0.4 is 4.74 Å². The third-order valence-corrected chi connectivity index (χ3v) is 5.30. The fraction of sp³-hybridized carbons (Fsp3) is 0.579. The van der Waals surface area contributed by atoms with Gasteiger partial charge in [-0.1, -0.05) is 12.8 Å². The molecule has 0 spiro atoms. The van der Waals surface area contributed by atoms with Crippen LogP contribution in [0.1, 0.15) is 49.0 Å². The molecule has 1 saturated carbocycles. The van der Waals surface area contributed by atoms with Crippen molar-refractivity contribution in [3.05, 3.63) is 42.0 Å². The molecule has 2 aromatic heterocycles. The summed E-state index contributed by atoms with van der Waals surface area (Å²) in [6.45, 7) is 4.32. The van der Waals surface area contributed by atoms with E-state index >= 15 is 0 Å². The molecule has 0 N–H and O–H groups in total. The molecule has 0 aromatic carbocycles. The van der Waals surface area contributed by atoms with Gasteiger partial charge in [0.05, 0.1) is 32.1 Å². The van der Waals surface area contributed by atoms with Crippen LogP contribution in [0.15, 0.2) is 30.6 Å². The molecular formula is C19H25N3O2. The summed E-state index contributed by atoms with van der Waals surface area (Å²) in [7, 11) is 0. The average Bonchev–Trinajstić information content (AvgIpc) is 3.02. The lowest BCUT2D eigenvalue weighted by atomic mass is 9.77. The Hall–Kier alpha value is -1.88. The monoisotopic (exact) mass is 327 g/mol. The Morgan fingerprint density at radius 3 is 2.83 bits per heavy atom. The number of aryl methyl sites for hydroxylation is 1. The molecule has 2 aromatic rings. The van der Waals surface area contributed by atoms with Gasteiger partial charge in [-0.15, -0.1) is 0 Å². The van der Waals surface area contributed by atoms with Crippen molar-refractivity contribution < 1.29 is 9.47 Å². The van der Waals surface area contributed by atoms with Crippen LogP contribution >= 0.6 is 0 Å². The highest BCUT2D eigenvalue weighted by Gasteiger charge is 2.32. The Kier molecular flexibility index (Phi) is 4.52. The van der Waals surface area contributed by atoms with Crippen molar-refractivity contribution in [1.29, 1.82) is 0 Å². The van der Waals surface area contributed by atoms with E-state index < -0.39 is 0 Å². The summed E-state index contributed by atoms with van der Waals surface area (Å²) in [4.78, 5) is 4.31. The summed E-state index contributed by atoms with van der Waals surface area (Å²) >= 11 is 0. The van der Waals surface area contributed by atoms with Gasteiger partial charge in [-0.3, -0.25) is 9.67 Å². The lowest BCUT2D eigenvalue weighted by Crippen LogP contribution is -2.34. The Balaban J connectivity index is 1.47. The SMILES string of the molecule is Cc1ccc(OCC2CCCCC2c2ccnn2C2COC2)cn1. The second-order valence-electron chi connectivity index (χ2n) is 6.99. The summed E-state index contributed by atoms with van der Waals surface area (Å²) in [6.07, 6.45) is 8.78. The van der Waals surface area contributed by atoms with Crippen molar-refractivity contribution in [2.75, 3.05) is 19.8 Å². The van der Waals surface area contributed by atoms with Gasteiger partial charge in [0.2, 0.25) is 0 Å². The molecule has 24 heavy (non-hydrogen) atoms. The molecule has 0 bridgehead atoms. The topological polar surface area (TPSA) is 49.2 Å². The first-order chi connectivity index (χ1) is 11.8. The quantitative estimate of drug-likeness (QED) is 0.843. The minimum atomic E-state index is 0.416. The summed E-state index contributed by atoms with van der Waals surface area (Å²) < 4.78 is 13.6. The molecule has 1 aliphatic heterocycles. The zero-order chi connectivity index (χ0) is 16.4. The highest BCUT2D eigenvalue weighted by atomic mass is 16.5. The molecule has 5 heteroatoms. The van der Waals surface area contributed by atoms with Gasteiger partial charge >= 0.3 is 0 Å². The molecule has 2 unspecified atom stereocenters. The predicted molar refractivity (Wildman–Crippen MR) is 91.3 cm³/mol. The molecular weight excluding hydrogens is 302 g/mol. The molecule has 2 atom stereocenters. The highest BCUT2D eigenvalue weighted by Crippen LogP contribution is 2.39. The third-order valence-electron chi connectivity index (χ3n) is 5.30. The minimum absolute atomic E-state index is 0.416. The van der Waals surface area contributed by atoms with Crippen LogP contribution in [0.4, 0.5) is 0 Å². The molecule has 3 heterocycles. The second-order valence-corrected chi connectivity index (χ2v) is 6.99. The maximum Gasteiger partial charge on any atom is 0.137 e. The first kappa shape index (κ1) is 15.6. The van der Waals surface area contributed by atoms with Gasteiger partial charge in [0.25, 0.3) is 0 Å². The number of aromatic nitrogens is 3. The van der Waals surface area contributed by atoms with Crippen LogP contribution in [0, 0.1) is 12.8 Å².